The van der Waals surface area contributed by atoms with Gasteiger partial charge in [0.1, 0.15) is 0 Å². The molecule has 0 aromatic carbocycles. The topological polar surface area (TPSA) is 60.2 Å². The van der Waals surface area contributed by atoms with Gasteiger partial charge in [0.2, 0.25) is 5.89 Å². The molecule has 1 N–H and O–H groups in total. The number of halogens is 3. The van der Waals surface area contributed by atoms with E-state index in [1.54, 1.807) is 0 Å². The molecule has 1 fully saturated rings. The van der Waals surface area contributed by atoms with Crippen LogP contribution in [0.4, 0.5) is 13.2 Å². The summed E-state index contributed by atoms with van der Waals surface area (Å²) in [6.07, 6.45) is -2.92. The van der Waals surface area contributed by atoms with Gasteiger partial charge in [-0.25, -0.2) is 0 Å². The van der Waals surface area contributed by atoms with E-state index in [1.165, 1.54) is 0 Å². The molecule has 1 aliphatic rings. The molecule has 1 aromatic heterocycles. The number of nitrogens with zero attached hydrogens (tertiary/aromatic N) is 2. The zero-order valence-corrected chi connectivity index (χ0v) is 10.5. The molecule has 0 bridgehead atoms. The van der Waals surface area contributed by atoms with Gasteiger partial charge in [0.15, 0.2) is 0 Å². The van der Waals surface area contributed by atoms with Gasteiger partial charge in [-0.15, -0.1) is 0 Å². The van der Waals surface area contributed by atoms with Crippen LogP contribution in [0.1, 0.15) is 37.4 Å². The van der Waals surface area contributed by atoms with Crippen molar-refractivity contribution in [1.29, 1.82) is 0 Å². The van der Waals surface area contributed by atoms with Crippen LogP contribution in [0.15, 0.2) is 4.52 Å². The third-order valence-electron chi connectivity index (χ3n) is 3.03. The SMILES string of the molecule is CCCNC1CCOCC1c1nc(C(F)(F)F)no1. The van der Waals surface area contributed by atoms with Crippen molar-refractivity contribution < 1.29 is 22.4 Å². The average Bonchev–Trinajstić information content (AvgIpc) is 2.86. The van der Waals surface area contributed by atoms with Gasteiger partial charge in [-0.2, -0.15) is 18.2 Å². The summed E-state index contributed by atoms with van der Waals surface area (Å²) < 4.78 is 47.3. The number of ether oxygens (including phenoxy) is 1. The van der Waals surface area contributed by atoms with E-state index in [2.05, 4.69) is 15.5 Å². The second-order valence-corrected chi connectivity index (χ2v) is 4.48. The quantitative estimate of drug-likeness (QED) is 0.913. The van der Waals surface area contributed by atoms with Gasteiger partial charge < -0.3 is 14.6 Å². The molecule has 1 saturated heterocycles. The fourth-order valence-corrected chi connectivity index (χ4v) is 2.06. The third-order valence-corrected chi connectivity index (χ3v) is 3.03. The highest BCUT2D eigenvalue weighted by molar-refractivity contribution is 5.02. The van der Waals surface area contributed by atoms with Gasteiger partial charge in [0, 0.05) is 12.6 Å². The molecule has 2 atom stereocenters. The van der Waals surface area contributed by atoms with Crippen LogP contribution in [0.25, 0.3) is 0 Å². The van der Waals surface area contributed by atoms with E-state index >= 15 is 0 Å². The van der Waals surface area contributed by atoms with Crippen molar-refractivity contribution in [1.82, 2.24) is 15.5 Å². The van der Waals surface area contributed by atoms with E-state index in [9.17, 15) is 13.2 Å². The standard InChI is InChI=1S/C11H16F3N3O2/c1-2-4-15-8-3-5-18-6-7(8)9-16-10(17-19-9)11(12,13)14/h7-8,15H,2-6H2,1H3. The zero-order valence-electron chi connectivity index (χ0n) is 10.5. The molecule has 5 nitrogen and oxygen atoms in total. The van der Waals surface area contributed by atoms with Crippen LogP contribution in [-0.2, 0) is 10.9 Å². The Balaban J connectivity index is 2.11. The average molecular weight is 279 g/mol. The minimum atomic E-state index is -4.58. The highest BCUT2D eigenvalue weighted by atomic mass is 19.4. The summed E-state index contributed by atoms with van der Waals surface area (Å²) in [5, 5.41) is 6.26. The maximum Gasteiger partial charge on any atom is 0.455 e. The van der Waals surface area contributed by atoms with E-state index in [0.29, 0.717) is 19.6 Å². The Morgan fingerprint density at radius 3 is 2.84 bits per heavy atom. The molecule has 1 aromatic rings. The lowest BCUT2D eigenvalue weighted by molar-refractivity contribution is -0.146. The Morgan fingerprint density at radius 2 is 2.21 bits per heavy atom. The molecule has 0 saturated carbocycles. The molecule has 19 heavy (non-hydrogen) atoms. The van der Waals surface area contributed by atoms with Gasteiger partial charge in [0.05, 0.1) is 12.5 Å². The first-order valence-corrected chi connectivity index (χ1v) is 6.24. The Labute approximate surface area is 108 Å². The van der Waals surface area contributed by atoms with Crippen LogP contribution >= 0.6 is 0 Å². The number of hydrogen-bond donors (Lipinski definition) is 1. The van der Waals surface area contributed by atoms with Gasteiger partial charge in [-0.3, -0.25) is 0 Å². The lowest BCUT2D eigenvalue weighted by Gasteiger charge is -2.29. The van der Waals surface area contributed by atoms with E-state index in [1.807, 2.05) is 6.92 Å². The minimum Gasteiger partial charge on any atom is -0.381 e. The zero-order chi connectivity index (χ0) is 13.9. The van der Waals surface area contributed by atoms with Crippen LogP contribution in [0.2, 0.25) is 0 Å². The lowest BCUT2D eigenvalue weighted by atomic mass is 9.95. The summed E-state index contributed by atoms with van der Waals surface area (Å²) >= 11 is 0. The summed E-state index contributed by atoms with van der Waals surface area (Å²) in [5.74, 6) is -1.58. The van der Waals surface area contributed by atoms with Gasteiger partial charge in [0.25, 0.3) is 5.82 Å². The van der Waals surface area contributed by atoms with Crippen molar-refractivity contribution in [2.45, 2.75) is 37.9 Å². The highest BCUT2D eigenvalue weighted by Gasteiger charge is 2.39. The smallest absolute Gasteiger partial charge is 0.381 e. The molecule has 0 radical (unpaired) electrons. The number of aromatic nitrogens is 2. The van der Waals surface area contributed by atoms with Gasteiger partial charge >= 0.3 is 6.18 Å². The van der Waals surface area contributed by atoms with Crippen molar-refractivity contribution in [3.63, 3.8) is 0 Å². The van der Waals surface area contributed by atoms with Crippen molar-refractivity contribution >= 4 is 0 Å². The van der Waals surface area contributed by atoms with Crippen LogP contribution in [0, 0.1) is 0 Å². The highest BCUT2D eigenvalue weighted by Crippen LogP contribution is 2.30. The molecule has 2 unspecified atom stereocenters. The molecule has 0 spiro atoms. The lowest BCUT2D eigenvalue weighted by Crippen LogP contribution is -2.41. The fraction of sp³-hybridized carbons (Fsp3) is 0.818. The predicted octanol–water partition coefficient (Wildman–Crippen LogP) is 1.96. The maximum absolute atomic E-state index is 12.4. The van der Waals surface area contributed by atoms with Crippen molar-refractivity contribution in [3.05, 3.63) is 11.7 Å². The molecule has 2 heterocycles. The molecule has 0 amide bonds. The summed E-state index contributed by atoms with van der Waals surface area (Å²) in [6, 6.07) is 0.00948. The molecule has 108 valence electrons. The maximum atomic E-state index is 12.4. The summed E-state index contributed by atoms with van der Waals surface area (Å²) in [5.41, 5.74) is 0. The van der Waals surface area contributed by atoms with Crippen molar-refractivity contribution in [3.8, 4) is 0 Å². The fourth-order valence-electron chi connectivity index (χ4n) is 2.06. The summed E-state index contributed by atoms with van der Waals surface area (Å²) in [7, 11) is 0. The number of rotatable bonds is 4. The minimum absolute atomic E-state index is 0.00948. The molecule has 2 rings (SSSR count). The Hall–Kier alpha value is -1.15. The third kappa shape index (κ3) is 3.44. The first-order valence-electron chi connectivity index (χ1n) is 6.24. The van der Waals surface area contributed by atoms with Gasteiger partial charge in [-0.1, -0.05) is 12.1 Å². The molecular weight excluding hydrogens is 263 g/mol. The second kappa shape index (κ2) is 5.87. The van der Waals surface area contributed by atoms with E-state index in [0.717, 1.165) is 13.0 Å². The Morgan fingerprint density at radius 1 is 1.42 bits per heavy atom. The summed E-state index contributed by atoms with van der Waals surface area (Å²) in [4.78, 5) is 3.44. The first-order chi connectivity index (χ1) is 9.02. The summed E-state index contributed by atoms with van der Waals surface area (Å²) in [6.45, 7) is 3.69. The monoisotopic (exact) mass is 279 g/mol. The predicted molar refractivity (Wildman–Crippen MR) is 59.6 cm³/mol. The molecule has 0 aliphatic carbocycles. The van der Waals surface area contributed by atoms with Crippen LogP contribution in [0.5, 0.6) is 0 Å². The number of alkyl halides is 3. The van der Waals surface area contributed by atoms with Crippen molar-refractivity contribution in [2.24, 2.45) is 0 Å². The molecular formula is C11H16F3N3O2. The number of nitrogens with one attached hydrogen (secondary N) is 1. The van der Waals surface area contributed by atoms with Crippen LogP contribution < -0.4 is 5.32 Å². The Kier molecular flexibility index (Phi) is 4.41. The van der Waals surface area contributed by atoms with E-state index < -0.39 is 12.0 Å². The van der Waals surface area contributed by atoms with Crippen molar-refractivity contribution in [2.75, 3.05) is 19.8 Å². The normalized spacial score (nSPS) is 24.6. The second-order valence-electron chi connectivity index (χ2n) is 4.48. The molecule has 8 heteroatoms. The van der Waals surface area contributed by atoms with E-state index in [4.69, 9.17) is 9.26 Å². The van der Waals surface area contributed by atoms with Crippen LogP contribution in [-0.4, -0.2) is 35.9 Å². The van der Waals surface area contributed by atoms with Crippen LogP contribution in [0.3, 0.4) is 0 Å². The molecule has 1 aliphatic heterocycles. The largest absolute Gasteiger partial charge is 0.455 e. The number of hydrogen-bond acceptors (Lipinski definition) is 5. The Bertz CT molecular complexity index is 408. The first kappa shape index (κ1) is 14.3. The van der Waals surface area contributed by atoms with Gasteiger partial charge in [-0.05, 0) is 19.4 Å². The van der Waals surface area contributed by atoms with E-state index in [-0.39, 0.29) is 17.9 Å².